The lowest BCUT2D eigenvalue weighted by molar-refractivity contribution is 0.625. The topological polar surface area (TPSA) is 0 Å². The van der Waals surface area contributed by atoms with Crippen LogP contribution in [0.2, 0.25) is 0 Å². The van der Waals surface area contributed by atoms with Crippen molar-refractivity contribution in [2.75, 3.05) is 0 Å². The van der Waals surface area contributed by atoms with Crippen molar-refractivity contribution in [3.8, 4) is 43.1 Å². The lowest BCUT2D eigenvalue weighted by Gasteiger charge is -2.23. The third kappa shape index (κ3) is 7.11. The summed E-state index contributed by atoms with van der Waals surface area (Å²) in [5, 5.41) is 16.3. The van der Waals surface area contributed by atoms with Crippen LogP contribution in [-0.2, 0) is 0 Å². The van der Waals surface area contributed by atoms with Crippen LogP contribution in [0.3, 0.4) is 0 Å². The number of hydrogen-bond donors (Lipinski definition) is 0. The van der Waals surface area contributed by atoms with Gasteiger partial charge in [0, 0.05) is 25.5 Å². The average Bonchev–Trinajstić information content (AvgIpc) is 4.13. The average molecular weight is 931 g/mol. The second kappa shape index (κ2) is 17.3. The van der Waals surface area contributed by atoms with Crippen molar-refractivity contribution >= 4 is 94.7 Å². The summed E-state index contributed by atoms with van der Waals surface area (Å²) in [6, 6.07) is 61.8. The minimum Gasteiger partial charge on any atom is -0.135 e. The van der Waals surface area contributed by atoms with Gasteiger partial charge in [0.2, 0.25) is 0 Å². The number of fused-ring (bicyclic) bond motifs is 6. The highest BCUT2D eigenvalue weighted by molar-refractivity contribution is 8.04. The number of thioether (sulfide) groups is 1. The molecule has 0 nitrogen and oxygen atoms in total. The first kappa shape index (κ1) is 41.7. The van der Waals surface area contributed by atoms with Crippen LogP contribution in [0.5, 0.6) is 0 Å². The number of hydrogen-bond acceptors (Lipinski definition) is 2. The molecule has 0 N–H and O–H groups in total. The summed E-state index contributed by atoms with van der Waals surface area (Å²) in [7, 11) is 0. The Morgan fingerprint density at radius 1 is 0.400 bits per heavy atom. The number of thiophene rings is 1. The van der Waals surface area contributed by atoms with E-state index in [0.717, 1.165) is 32.1 Å². The number of benzene rings is 9. The van der Waals surface area contributed by atoms with Crippen LogP contribution in [0.25, 0.3) is 115 Å². The molecule has 2 atom stereocenters. The molecule has 3 aliphatic carbocycles. The molecule has 0 radical (unpaired) electrons. The van der Waals surface area contributed by atoms with E-state index in [4.69, 9.17) is 0 Å². The van der Waals surface area contributed by atoms with Crippen molar-refractivity contribution in [1.29, 1.82) is 0 Å². The van der Waals surface area contributed by atoms with Crippen LogP contribution in [0, 0.1) is 5.92 Å². The van der Waals surface area contributed by atoms with Gasteiger partial charge in [0.1, 0.15) is 0 Å². The van der Waals surface area contributed by atoms with Gasteiger partial charge >= 0.3 is 0 Å². The number of allylic oxidation sites excluding steroid dienone is 9. The quantitative estimate of drug-likeness (QED) is 0.144. The summed E-state index contributed by atoms with van der Waals surface area (Å²) in [5.74, 6) is 0.638. The molecule has 14 rings (SSSR count). The molecule has 0 saturated carbocycles. The first-order valence-corrected chi connectivity index (χ1v) is 26.8. The van der Waals surface area contributed by atoms with Gasteiger partial charge in [-0.15, -0.1) is 23.1 Å². The zero-order valence-electron chi connectivity index (χ0n) is 39.0. The van der Waals surface area contributed by atoms with Crippen molar-refractivity contribution in [3.05, 3.63) is 233 Å². The summed E-state index contributed by atoms with van der Waals surface area (Å²) < 4.78 is 0. The molecule has 70 heavy (non-hydrogen) atoms. The Balaban J connectivity index is 0.900. The Morgan fingerprint density at radius 3 is 1.61 bits per heavy atom. The van der Waals surface area contributed by atoms with Crippen molar-refractivity contribution in [1.82, 2.24) is 0 Å². The molecule has 1 aliphatic heterocycles. The molecule has 0 bridgehead atoms. The van der Waals surface area contributed by atoms with Gasteiger partial charge in [-0.2, -0.15) is 0 Å². The SMILES string of the molecule is C1=CCC(C2CC=C(C3=CC=C(c4c5c(c(-c6ccc(-c7ccc8c(-c9ccc%10ccccc%10c9)c9ccccc9c(-c9ccc%10ccccc%10c9)c8c7)s6)c6ccccc46)=CCCC=5)CC3)S2)C=C1. The van der Waals surface area contributed by atoms with Crippen LogP contribution in [0.15, 0.2) is 217 Å². The summed E-state index contributed by atoms with van der Waals surface area (Å²) in [6.07, 6.45) is 28.3. The number of rotatable bonds is 7. The highest BCUT2D eigenvalue weighted by Crippen LogP contribution is 2.48. The van der Waals surface area contributed by atoms with Crippen LogP contribution in [0.4, 0.5) is 0 Å². The van der Waals surface area contributed by atoms with E-state index in [0.29, 0.717) is 11.2 Å². The third-order valence-electron chi connectivity index (χ3n) is 15.5. The first-order valence-electron chi connectivity index (χ1n) is 25.1. The molecule has 2 heterocycles. The van der Waals surface area contributed by atoms with Crippen LogP contribution < -0.4 is 10.4 Å². The molecule has 2 unspecified atom stereocenters. The van der Waals surface area contributed by atoms with E-state index in [2.05, 4.69) is 230 Å². The van der Waals surface area contributed by atoms with E-state index in [9.17, 15) is 0 Å². The normalized spacial score (nSPS) is 17.7. The molecule has 0 amide bonds. The van der Waals surface area contributed by atoms with Gasteiger partial charge in [0.25, 0.3) is 0 Å². The van der Waals surface area contributed by atoms with Crippen molar-refractivity contribution in [3.63, 3.8) is 0 Å². The Kier molecular flexibility index (Phi) is 10.3. The largest absolute Gasteiger partial charge is 0.135 e. The zero-order chi connectivity index (χ0) is 46.1. The van der Waals surface area contributed by atoms with Gasteiger partial charge in [0.15, 0.2) is 0 Å². The molecule has 9 aromatic carbocycles. The molecule has 0 fully saturated rings. The third-order valence-corrected chi connectivity index (χ3v) is 18.2. The lowest BCUT2D eigenvalue weighted by Crippen LogP contribution is -2.32. The summed E-state index contributed by atoms with van der Waals surface area (Å²) in [5.41, 5.74) is 12.1. The molecule has 4 aliphatic rings. The minimum atomic E-state index is 0.638. The summed E-state index contributed by atoms with van der Waals surface area (Å²) >= 11 is 4.05. The van der Waals surface area contributed by atoms with E-state index in [1.54, 1.807) is 0 Å². The maximum absolute atomic E-state index is 2.54. The molecule has 1 aromatic heterocycles. The highest BCUT2D eigenvalue weighted by atomic mass is 32.2. The van der Waals surface area contributed by atoms with Gasteiger partial charge in [-0.1, -0.05) is 188 Å². The maximum atomic E-state index is 2.54. The van der Waals surface area contributed by atoms with E-state index in [-0.39, 0.29) is 0 Å². The van der Waals surface area contributed by atoms with E-state index < -0.39 is 0 Å². The van der Waals surface area contributed by atoms with E-state index >= 15 is 0 Å². The van der Waals surface area contributed by atoms with Gasteiger partial charge in [-0.3, -0.25) is 0 Å². The highest BCUT2D eigenvalue weighted by Gasteiger charge is 2.28. The molecule has 0 saturated heterocycles. The van der Waals surface area contributed by atoms with Gasteiger partial charge in [-0.25, -0.2) is 0 Å². The lowest BCUT2D eigenvalue weighted by atomic mass is 9.84. The molecular formula is C68H50S2. The van der Waals surface area contributed by atoms with E-state index in [1.807, 2.05) is 11.3 Å². The van der Waals surface area contributed by atoms with Gasteiger partial charge in [-0.05, 0) is 184 Å². The molecule has 2 heteroatoms. The van der Waals surface area contributed by atoms with Crippen molar-refractivity contribution < 1.29 is 0 Å². The van der Waals surface area contributed by atoms with Crippen LogP contribution >= 0.6 is 23.1 Å². The van der Waals surface area contributed by atoms with Gasteiger partial charge < -0.3 is 0 Å². The molecular weight excluding hydrogens is 881 g/mol. The predicted octanol–water partition coefficient (Wildman–Crippen LogP) is 18.2. The van der Waals surface area contributed by atoms with Gasteiger partial charge in [0.05, 0.1) is 0 Å². The van der Waals surface area contributed by atoms with Crippen LogP contribution in [-0.4, -0.2) is 5.25 Å². The zero-order valence-corrected chi connectivity index (χ0v) is 40.6. The van der Waals surface area contributed by atoms with Crippen molar-refractivity contribution in [2.45, 2.75) is 43.8 Å². The Labute approximate surface area is 417 Å². The summed E-state index contributed by atoms with van der Waals surface area (Å²) in [4.78, 5) is 4.12. The van der Waals surface area contributed by atoms with Crippen molar-refractivity contribution in [2.24, 2.45) is 5.92 Å². The monoisotopic (exact) mass is 930 g/mol. The molecule has 0 spiro atoms. The maximum Gasteiger partial charge on any atom is 0.0361 e. The Morgan fingerprint density at radius 2 is 0.957 bits per heavy atom. The summed E-state index contributed by atoms with van der Waals surface area (Å²) in [6.45, 7) is 0. The fraction of sp³-hybridized carbons (Fsp3) is 0.118. The van der Waals surface area contributed by atoms with E-state index in [1.165, 1.54) is 135 Å². The fourth-order valence-electron chi connectivity index (χ4n) is 12.1. The second-order valence-corrected chi connectivity index (χ2v) is 21.9. The minimum absolute atomic E-state index is 0.638. The van der Waals surface area contributed by atoms with Crippen LogP contribution in [0.1, 0.15) is 44.1 Å². The second-order valence-electron chi connectivity index (χ2n) is 19.5. The fourth-order valence-corrected chi connectivity index (χ4v) is 14.6. The Bertz CT molecular complexity index is 4110. The Hall–Kier alpha value is -7.23. The smallest absolute Gasteiger partial charge is 0.0361 e. The standard InChI is InChI=1S/C68H50S2/c1-2-16-45(17-3-1)61-36-37-62(69-61)46-28-30-47(31-29-46)65-55-22-10-12-24-57(55)68(58-25-13-11-23-56(58)65)64-39-38-63(70-64)50-34-35-59-60(42-50)67(52-33-27-44-15-5-7-19-49(44)41-52)54-21-9-8-20-53(54)66(59)51-32-26-43-14-4-6-18-48(43)40-51/h1-10,12,14-16,18-28,30,32-35,37-42,45,61H,11,13,17,29,31,36H2. The predicted molar refractivity (Wildman–Crippen MR) is 307 cm³/mol. The molecule has 334 valence electrons. The first-order chi connectivity index (χ1) is 34.7. The molecule has 10 aromatic rings.